The summed E-state index contributed by atoms with van der Waals surface area (Å²) >= 11 is 0. The fourth-order valence-electron chi connectivity index (χ4n) is 7.60. The summed E-state index contributed by atoms with van der Waals surface area (Å²) in [6.07, 6.45) is 13.3. The molecule has 0 aromatic rings. The van der Waals surface area contributed by atoms with Crippen LogP contribution >= 0.6 is 0 Å². The number of hydrogen-bond donors (Lipinski definition) is 3. The Hall–Kier alpha value is -1.17. The zero-order valence-corrected chi connectivity index (χ0v) is 20.2. The van der Waals surface area contributed by atoms with Gasteiger partial charge in [0.15, 0.2) is 0 Å². The molecule has 0 spiro atoms. The molecule has 0 radical (unpaired) electrons. The van der Waals surface area contributed by atoms with Crippen LogP contribution in [0.3, 0.4) is 0 Å². The van der Waals surface area contributed by atoms with E-state index in [1.807, 2.05) is 0 Å². The molecular formula is C27H44FN3O2. The van der Waals surface area contributed by atoms with Gasteiger partial charge in [0, 0.05) is 18.4 Å². The third-order valence-electron chi connectivity index (χ3n) is 9.85. The molecular weight excluding hydrogens is 417 g/mol. The number of fused-ring (bicyclic) bond motifs is 1. The van der Waals surface area contributed by atoms with Crippen LogP contribution in [0.1, 0.15) is 83.5 Å². The first-order valence-corrected chi connectivity index (χ1v) is 14.0. The minimum Gasteiger partial charge on any atom is -0.356 e. The number of carbonyl (C=O) groups excluding carboxylic acids is 2. The van der Waals surface area contributed by atoms with Gasteiger partial charge in [-0.15, -0.1) is 0 Å². The molecule has 1 aliphatic heterocycles. The minimum atomic E-state index is -0.894. The van der Waals surface area contributed by atoms with Gasteiger partial charge in [-0.1, -0.05) is 19.3 Å². The molecule has 6 heteroatoms. The van der Waals surface area contributed by atoms with Crippen LogP contribution in [0.5, 0.6) is 0 Å². The topological polar surface area (TPSA) is 70.2 Å². The van der Waals surface area contributed by atoms with E-state index in [1.165, 1.54) is 32.1 Å². The first kappa shape index (κ1) is 23.6. The predicted molar refractivity (Wildman–Crippen MR) is 127 cm³/mol. The predicted octanol–water partition coefficient (Wildman–Crippen LogP) is 3.97. The van der Waals surface area contributed by atoms with Gasteiger partial charge < -0.3 is 16.0 Å². The Labute approximate surface area is 198 Å². The zero-order valence-electron chi connectivity index (χ0n) is 20.2. The number of alkyl halides is 1. The summed E-state index contributed by atoms with van der Waals surface area (Å²) < 4.78 is 15.1. The van der Waals surface area contributed by atoms with E-state index in [2.05, 4.69) is 16.0 Å². The molecule has 33 heavy (non-hydrogen) atoms. The summed E-state index contributed by atoms with van der Waals surface area (Å²) in [5, 5.41) is 9.73. The first-order valence-electron chi connectivity index (χ1n) is 14.0. The van der Waals surface area contributed by atoms with Gasteiger partial charge in [0.2, 0.25) is 11.8 Å². The zero-order chi connectivity index (χ0) is 22.8. The summed E-state index contributed by atoms with van der Waals surface area (Å²) in [4.78, 5) is 25.5. The second-order valence-corrected chi connectivity index (χ2v) is 11.9. The number of rotatable bonds is 6. The van der Waals surface area contributed by atoms with Crippen molar-refractivity contribution < 1.29 is 14.0 Å². The third kappa shape index (κ3) is 5.57. The molecule has 5 rings (SSSR count). The first-order chi connectivity index (χ1) is 16.1. The second kappa shape index (κ2) is 10.6. The molecule has 5 aliphatic rings. The Bertz CT molecular complexity index is 689. The van der Waals surface area contributed by atoms with Gasteiger partial charge in [-0.25, -0.2) is 4.39 Å². The van der Waals surface area contributed by atoms with Crippen molar-refractivity contribution in [3.8, 4) is 0 Å². The van der Waals surface area contributed by atoms with Crippen LogP contribution in [0.4, 0.5) is 4.39 Å². The Kier molecular flexibility index (Phi) is 7.58. The number of nitrogens with one attached hydrogen (secondary N) is 3. The van der Waals surface area contributed by atoms with Crippen molar-refractivity contribution in [2.24, 2.45) is 41.4 Å². The van der Waals surface area contributed by atoms with Gasteiger partial charge >= 0.3 is 0 Å². The van der Waals surface area contributed by atoms with E-state index >= 15 is 4.39 Å². The maximum absolute atomic E-state index is 15.1. The molecule has 4 aliphatic carbocycles. The number of halogens is 1. The lowest BCUT2D eigenvalue weighted by atomic mass is 9.72. The Morgan fingerprint density at radius 3 is 2.36 bits per heavy atom. The lowest BCUT2D eigenvalue weighted by Gasteiger charge is -2.42. The lowest BCUT2D eigenvalue weighted by molar-refractivity contribution is -0.127. The smallest absolute Gasteiger partial charge is 0.223 e. The fraction of sp³-hybridized carbons (Fsp3) is 0.926. The van der Waals surface area contributed by atoms with Gasteiger partial charge in [-0.2, -0.15) is 0 Å². The normalized spacial score (nSPS) is 41.6. The van der Waals surface area contributed by atoms with Crippen LogP contribution in [0.15, 0.2) is 0 Å². The van der Waals surface area contributed by atoms with E-state index in [4.69, 9.17) is 0 Å². The highest BCUT2D eigenvalue weighted by atomic mass is 19.1. The standard InChI is InChI=1S/C27H44FN3O2/c28-25-21-12-13-29-16-20(21)10-11-24(25)31-27(33)23-14-22(23)18-6-8-19(9-7-18)26(32)30-15-17-4-2-1-3-5-17/h17-25,29H,1-16H2,(H,30,32)(H,31,33)/t18?,19?,20?,21?,22-,23+,24?,25?/m0/s1. The lowest BCUT2D eigenvalue weighted by Crippen LogP contribution is -2.54. The van der Waals surface area contributed by atoms with Gasteiger partial charge in [-0.3, -0.25) is 9.59 Å². The van der Waals surface area contributed by atoms with Gasteiger partial charge in [0.1, 0.15) is 6.17 Å². The van der Waals surface area contributed by atoms with E-state index in [-0.39, 0.29) is 35.6 Å². The maximum atomic E-state index is 15.1. The average Bonchev–Trinajstić information content (AvgIpc) is 3.66. The molecule has 4 saturated carbocycles. The van der Waals surface area contributed by atoms with E-state index < -0.39 is 6.17 Å². The van der Waals surface area contributed by atoms with Gasteiger partial charge in [0.25, 0.3) is 0 Å². The summed E-state index contributed by atoms with van der Waals surface area (Å²) in [7, 11) is 0. The summed E-state index contributed by atoms with van der Waals surface area (Å²) in [6.45, 7) is 2.68. The van der Waals surface area contributed by atoms with Crippen LogP contribution in [-0.2, 0) is 9.59 Å². The average molecular weight is 462 g/mol. The van der Waals surface area contributed by atoms with Crippen molar-refractivity contribution in [1.82, 2.24) is 16.0 Å². The molecule has 0 aromatic carbocycles. The Balaban J connectivity index is 1.02. The minimum absolute atomic E-state index is 0.0737. The van der Waals surface area contributed by atoms with Crippen molar-refractivity contribution in [1.29, 1.82) is 0 Å². The second-order valence-electron chi connectivity index (χ2n) is 11.9. The highest BCUT2D eigenvalue weighted by Gasteiger charge is 2.50. The van der Waals surface area contributed by atoms with Crippen LogP contribution < -0.4 is 16.0 Å². The number of amides is 2. The molecule has 4 unspecified atom stereocenters. The van der Waals surface area contributed by atoms with E-state index in [9.17, 15) is 9.59 Å². The summed E-state index contributed by atoms with van der Waals surface area (Å²) in [5.41, 5.74) is 0. The van der Waals surface area contributed by atoms with Crippen LogP contribution in [-0.4, -0.2) is 43.7 Å². The third-order valence-corrected chi connectivity index (χ3v) is 9.85. The highest BCUT2D eigenvalue weighted by Crippen LogP contribution is 2.50. The summed E-state index contributed by atoms with van der Waals surface area (Å²) in [5.74, 6) is 2.81. The molecule has 3 N–H and O–H groups in total. The maximum Gasteiger partial charge on any atom is 0.223 e. The van der Waals surface area contributed by atoms with Crippen molar-refractivity contribution in [2.45, 2.75) is 95.7 Å². The molecule has 1 heterocycles. The number of hydrogen-bond acceptors (Lipinski definition) is 3. The van der Waals surface area contributed by atoms with Crippen molar-refractivity contribution in [3.05, 3.63) is 0 Å². The summed E-state index contributed by atoms with van der Waals surface area (Å²) in [6, 6.07) is -0.290. The molecule has 0 bridgehead atoms. The molecule has 0 aromatic heterocycles. The van der Waals surface area contributed by atoms with Gasteiger partial charge in [-0.05, 0) is 107 Å². The Morgan fingerprint density at radius 2 is 1.58 bits per heavy atom. The van der Waals surface area contributed by atoms with Crippen LogP contribution in [0.2, 0.25) is 0 Å². The SMILES string of the molecule is O=C(NCC1CCCCC1)C1CCC([C@@H]2C[C@H]2C(=O)NC2CCC3CNCCC3C2F)CC1. The number of carbonyl (C=O) groups is 2. The highest BCUT2D eigenvalue weighted by molar-refractivity contribution is 5.82. The molecule has 5 fully saturated rings. The van der Waals surface area contributed by atoms with E-state index in [1.54, 1.807) is 0 Å². The van der Waals surface area contributed by atoms with E-state index in [0.717, 1.165) is 71.0 Å². The van der Waals surface area contributed by atoms with Crippen molar-refractivity contribution >= 4 is 11.8 Å². The molecule has 1 saturated heterocycles. The Morgan fingerprint density at radius 1 is 0.818 bits per heavy atom. The van der Waals surface area contributed by atoms with Crippen LogP contribution in [0, 0.1) is 41.4 Å². The molecule has 186 valence electrons. The molecule has 5 nitrogen and oxygen atoms in total. The molecule has 6 atom stereocenters. The van der Waals surface area contributed by atoms with E-state index in [0.29, 0.717) is 23.7 Å². The van der Waals surface area contributed by atoms with Gasteiger partial charge in [0.05, 0.1) is 6.04 Å². The fourth-order valence-corrected chi connectivity index (χ4v) is 7.60. The molecule has 2 amide bonds. The largest absolute Gasteiger partial charge is 0.356 e. The van der Waals surface area contributed by atoms with Crippen molar-refractivity contribution in [3.63, 3.8) is 0 Å². The van der Waals surface area contributed by atoms with Crippen LogP contribution in [0.25, 0.3) is 0 Å². The van der Waals surface area contributed by atoms with Crippen molar-refractivity contribution in [2.75, 3.05) is 19.6 Å². The number of piperidine rings is 1. The quantitative estimate of drug-likeness (QED) is 0.561. The monoisotopic (exact) mass is 461 g/mol.